The zero-order chi connectivity index (χ0) is 15.0. The fourth-order valence-electron chi connectivity index (χ4n) is 2.12. The lowest BCUT2D eigenvalue weighted by atomic mass is 9.86. The first kappa shape index (κ1) is 17.0. The van der Waals surface area contributed by atoms with Crippen LogP contribution in [0.4, 0.5) is 0 Å². The molecular formula is C17H29NO2. The van der Waals surface area contributed by atoms with Crippen LogP contribution in [-0.4, -0.2) is 32.9 Å². The van der Waals surface area contributed by atoms with Gasteiger partial charge in [0, 0.05) is 7.11 Å². The minimum absolute atomic E-state index is 0.0875. The fraction of sp³-hybridized carbons (Fsp3) is 0.647. The van der Waals surface area contributed by atoms with E-state index in [2.05, 4.69) is 45.1 Å². The SMILES string of the molecule is CCCNC(COC)COc1ccccc1C(C)(C)C. The van der Waals surface area contributed by atoms with Crippen molar-refractivity contribution >= 4 is 0 Å². The number of hydrogen-bond acceptors (Lipinski definition) is 3. The van der Waals surface area contributed by atoms with Crippen molar-refractivity contribution in [3.8, 4) is 5.75 Å². The summed E-state index contributed by atoms with van der Waals surface area (Å²) in [6.07, 6.45) is 1.11. The van der Waals surface area contributed by atoms with Crippen molar-refractivity contribution in [3.05, 3.63) is 29.8 Å². The highest BCUT2D eigenvalue weighted by Crippen LogP contribution is 2.30. The van der Waals surface area contributed by atoms with Crippen LogP contribution in [0.1, 0.15) is 39.7 Å². The van der Waals surface area contributed by atoms with Crippen LogP contribution in [0.15, 0.2) is 24.3 Å². The van der Waals surface area contributed by atoms with E-state index < -0.39 is 0 Å². The topological polar surface area (TPSA) is 30.5 Å². The number of para-hydroxylation sites is 1. The van der Waals surface area contributed by atoms with Crippen molar-refractivity contribution in [1.82, 2.24) is 5.32 Å². The molecule has 0 saturated carbocycles. The molecule has 0 bridgehead atoms. The number of nitrogens with one attached hydrogen (secondary N) is 1. The molecule has 1 aromatic rings. The molecule has 3 nitrogen and oxygen atoms in total. The Morgan fingerprint density at radius 1 is 1.15 bits per heavy atom. The largest absolute Gasteiger partial charge is 0.492 e. The third-order valence-electron chi connectivity index (χ3n) is 3.19. The van der Waals surface area contributed by atoms with Crippen LogP contribution in [0.5, 0.6) is 5.75 Å². The van der Waals surface area contributed by atoms with E-state index in [0.29, 0.717) is 13.2 Å². The lowest BCUT2D eigenvalue weighted by Crippen LogP contribution is -2.39. The molecule has 20 heavy (non-hydrogen) atoms. The molecule has 0 radical (unpaired) electrons. The Morgan fingerprint density at radius 2 is 1.85 bits per heavy atom. The molecule has 1 aromatic carbocycles. The smallest absolute Gasteiger partial charge is 0.123 e. The van der Waals surface area contributed by atoms with Crippen molar-refractivity contribution < 1.29 is 9.47 Å². The third kappa shape index (κ3) is 5.51. The van der Waals surface area contributed by atoms with Crippen LogP contribution in [0.25, 0.3) is 0 Å². The van der Waals surface area contributed by atoms with Gasteiger partial charge in [-0.05, 0) is 30.0 Å². The second kappa shape index (κ2) is 8.28. The normalized spacial score (nSPS) is 13.2. The second-order valence-electron chi connectivity index (χ2n) is 6.16. The molecule has 1 unspecified atom stereocenters. The van der Waals surface area contributed by atoms with Crippen LogP contribution >= 0.6 is 0 Å². The Bertz CT molecular complexity index is 385. The van der Waals surface area contributed by atoms with Crippen molar-refractivity contribution in [3.63, 3.8) is 0 Å². The van der Waals surface area contributed by atoms with E-state index in [-0.39, 0.29) is 11.5 Å². The molecule has 114 valence electrons. The number of ether oxygens (including phenoxy) is 2. The Balaban J connectivity index is 2.67. The van der Waals surface area contributed by atoms with E-state index in [1.807, 2.05) is 12.1 Å². The van der Waals surface area contributed by atoms with Gasteiger partial charge in [-0.25, -0.2) is 0 Å². The van der Waals surface area contributed by atoms with Gasteiger partial charge in [-0.3, -0.25) is 0 Å². The van der Waals surface area contributed by atoms with Crippen LogP contribution in [0.2, 0.25) is 0 Å². The number of hydrogen-bond donors (Lipinski definition) is 1. The standard InChI is InChI=1S/C17H29NO2/c1-6-11-18-14(12-19-5)13-20-16-10-8-7-9-15(16)17(2,3)4/h7-10,14,18H,6,11-13H2,1-5H3. The van der Waals surface area contributed by atoms with Crippen LogP contribution < -0.4 is 10.1 Å². The third-order valence-corrected chi connectivity index (χ3v) is 3.19. The molecule has 0 aromatic heterocycles. The summed E-state index contributed by atoms with van der Waals surface area (Å²) < 4.78 is 11.3. The van der Waals surface area contributed by atoms with Crippen LogP contribution in [-0.2, 0) is 10.2 Å². The summed E-state index contributed by atoms with van der Waals surface area (Å²) in [5.41, 5.74) is 1.33. The average Bonchev–Trinajstić information content (AvgIpc) is 2.41. The van der Waals surface area contributed by atoms with E-state index >= 15 is 0 Å². The van der Waals surface area contributed by atoms with Gasteiger partial charge >= 0.3 is 0 Å². The van der Waals surface area contributed by atoms with Gasteiger partial charge < -0.3 is 14.8 Å². The first-order chi connectivity index (χ1) is 9.49. The second-order valence-corrected chi connectivity index (χ2v) is 6.16. The molecule has 0 amide bonds. The van der Waals surface area contributed by atoms with E-state index in [0.717, 1.165) is 18.7 Å². The molecule has 1 N–H and O–H groups in total. The molecule has 0 aliphatic heterocycles. The zero-order valence-electron chi connectivity index (χ0n) is 13.5. The highest BCUT2D eigenvalue weighted by Gasteiger charge is 2.19. The van der Waals surface area contributed by atoms with Gasteiger partial charge in [-0.2, -0.15) is 0 Å². The maximum absolute atomic E-state index is 6.03. The quantitative estimate of drug-likeness (QED) is 0.791. The van der Waals surface area contributed by atoms with Crippen molar-refractivity contribution in [2.24, 2.45) is 0 Å². The van der Waals surface area contributed by atoms with Gasteiger partial charge in [0.1, 0.15) is 12.4 Å². The van der Waals surface area contributed by atoms with E-state index in [1.54, 1.807) is 7.11 Å². The first-order valence-electron chi connectivity index (χ1n) is 7.43. The summed E-state index contributed by atoms with van der Waals surface area (Å²) in [7, 11) is 1.73. The average molecular weight is 279 g/mol. The van der Waals surface area contributed by atoms with Crippen LogP contribution in [0, 0.1) is 0 Å². The summed E-state index contributed by atoms with van der Waals surface area (Å²) in [5.74, 6) is 0.972. The molecule has 0 heterocycles. The predicted molar refractivity (Wildman–Crippen MR) is 84.6 cm³/mol. The fourth-order valence-corrected chi connectivity index (χ4v) is 2.12. The van der Waals surface area contributed by atoms with Gasteiger partial charge in [0.25, 0.3) is 0 Å². The Morgan fingerprint density at radius 3 is 2.45 bits per heavy atom. The number of rotatable bonds is 8. The van der Waals surface area contributed by atoms with Crippen molar-refractivity contribution in [2.75, 3.05) is 26.9 Å². The van der Waals surface area contributed by atoms with E-state index in [4.69, 9.17) is 9.47 Å². The minimum atomic E-state index is 0.0875. The minimum Gasteiger partial charge on any atom is -0.492 e. The summed E-state index contributed by atoms with van der Waals surface area (Å²) in [6.45, 7) is 11.1. The molecular weight excluding hydrogens is 250 g/mol. The van der Waals surface area contributed by atoms with Gasteiger partial charge in [0.15, 0.2) is 0 Å². The molecule has 1 atom stereocenters. The van der Waals surface area contributed by atoms with Crippen LogP contribution in [0.3, 0.4) is 0 Å². The molecule has 0 aliphatic rings. The van der Waals surface area contributed by atoms with Gasteiger partial charge in [-0.1, -0.05) is 45.9 Å². The van der Waals surface area contributed by atoms with Gasteiger partial charge in [-0.15, -0.1) is 0 Å². The van der Waals surface area contributed by atoms with Crippen molar-refractivity contribution in [1.29, 1.82) is 0 Å². The molecule has 0 aliphatic carbocycles. The summed E-state index contributed by atoms with van der Waals surface area (Å²) in [6, 6.07) is 8.50. The maximum Gasteiger partial charge on any atom is 0.123 e. The number of methoxy groups -OCH3 is 1. The highest BCUT2D eigenvalue weighted by molar-refractivity contribution is 5.38. The lowest BCUT2D eigenvalue weighted by molar-refractivity contribution is 0.135. The zero-order valence-corrected chi connectivity index (χ0v) is 13.5. The summed E-state index contributed by atoms with van der Waals surface area (Å²) in [5, 5.41) is 3.45. The summed E-state index contributed by atoms with van der Waals surface area (Å²) in [4.78, 5) is 0. The monoisotopic (exact) mass is 279 g/mol. The first-order valence-corrected chi connectivity index (χ1v) is 7.43. The van der Waals surface area contributed by atoms with Crippen molar-refractivity contribution in [2.45, 2.75) is 45.6 Å². The number of benzene rings is 1. The van der Waals surface area contributed by atoms with E-state index in [9.17, 15) is 0 Å². The molecule has 0 fully saturated rings. The molecule has 3 heteroatoms. The summed E-state index contributed by atoms with van der Waals surface area (Å²) >= 11 is 0. The highest BCUT2D eigenvalue weighted by atomic mass is 16.5. The Kier molecular flexibility index (Phi) is 7.03. The van der Waals surface area contributed by atoms with Gasteiger partial charge in [0.2, 0.25) is 0 Å². The molecule has 0 saturated heterocycles. The Labute approximate surface area is 123 Å². The maximum atomic E-state index is 6.03. The molecule has 0 spiro atoms. The lowest BCUT2D eigenvalue weighted by Gasteiger charge is -2.24. The van der Waals surface area contributed by atoms with E-state index in [1.165, 1.54) is 5.56 Å². The van der Waals surface area contributed by atoms with Gasteiger partial charge in [0.05, 0.1) is 12.6 Å². The molecule has 1 rings (SSSR count). The predicted octanol–water partition coefficient (Wildman–Crippen LogP) is 3.38. The Hall–Kier alpha value is -1.06.